The number of carbonyl (C=O) groups is 2. The summed E-state index contributed by atoms with van der Waals surface area (Å²) < 4.78 is 5.93. The number of aryl methyl sites for hydroxylation is 1. The van der Waals surface area contributed by atoms with Crippen molar-refractivity contribution < 1.29 is 14.3 Å². The van der Waals surface area contributed by atoms with E-state index in [1.807, 2.05) is 42.6 Å². The smallest absolute Gasteiger partial charge is 0.248 e. The minimum atomic E-state index is -0.530. The molecule has 3 N–H and O–H groups in total. The Kier molecular flexibility index (Phi) is 7.59. The molecule has 2 amide bonds. The van der Waals surface area contributed by atoms with Gasteiger partial charge in [-0.25, -0.2) is 4.98 Å². The van der Waals surface area contributed by atoms with E-state index in [0.717, 1.165) is 47.9 Å². The maximum atomic E-state index is 12.8. The van der Waals surface area contributed by atoms with Gasteiger partial charge in [0.2, 0.25) is 11.8 Å². The zero-order valence-electron chi connectivity index (χ0n) is 19.1. The maximum absolute atomic E-state index is 12.8. The topological polar surface area (TPSA) is 97.5 Å². The summed E-state index contributed by atoms with van der Waals surface area (Å²) in [4.78, 5) is 31.2. The summed E-state index contributed by atoms with van der Waals surface area (Å²) in [6.45, 7) is 4.15. The number of nitrogens with one attached hydrogen (secondary N) is 1. The first-order valence-corrected chi connectivity index (χ1v) is 12.2. The lowest BCUT2D eigenvalue weighted by molar-refractivity contribution is -0.111. The van der Waals surface area contributed by atoms with E-state index in [2.05, 4.69) is 15.2 Å². The number of nitrogens with two attached hydrogens (primary N) is 1. The van der Waals surface area contributed by atoms with Crippen LogP contribution < -0.4 is 20.7 Å². The molecule has 176 valence electrons. The lowest BCUT2D eigenvalue weighted by Gasteiger charge is -2.30. The lowest BCUT2D eigenvalue weighted by Crippen LogP contribution is -2.30. The summed E-state index contributed by atoms with van der Waals surface area (Å²) in [5.74, 6) is -0.163. The van der Waals surface area contributed by atoms with Crippen LogP contribution >= 0.6 is 11.3 Å². The molecule has 0 spiro atoms. The molecule has 3 aromatic rings. The molecule has 4 rings (SSSR count). The second-order valence-electron chi connectivity index (χ2n) is 8.15. The third kappa shape index (κ3) is 6.02. The van der Waals surface area contributed by atoms with Crippen molar-refractivity contribution in [3.63, 3.8) is 0 Å². The van der Waals surface area contributed by atoms with E-state index in [-0.39, 0.29) is 5.91 Å². The molecule has 1 fully saturated rings. The fourth-order valence-corrected chi connectivity index (χ4v) is 4.51. The predicted octanol–water partition coefficient (Wildman–Crippen LogP) is 4.77. The van der Waals surface area contributed by atoms with Crippen LogP contribution in [0.15, 0.2) is 53.9 Å². The minimum absolute atomic E-state index is 0.301. The number of thiazole rings is 1. The number of primary amides is 1. The normalized spacial score (nSPS) is 13.7. The quantitative estimate of drug-likeness (QED) is 0.457. The Morgan fingerprint density at radius 1 is 1.18 bits per heavy atom. The highest BCUT2D eigenvalue weighted by molar-refractivity contribution is 7.09. The molecule has 0 saturated carbocycles. The van der Waals surface area contributed by atoms with Gasteiger partial charge in [-0.3, -0.25) is 9.59 Å². The van der Waals surface area contributed by atoms with Gasteiger partial charge in [0.1, 0.15) is 12.4 Å². The number of carbonyl (C=O) groups excluding carboxylic acids is 2. The van der Waals surface area contributed by atoms with Crippen LogP contribution in [0.25, 0.3) is 6.08 Å². The standard InChI is InChI=1S/C26H28N4O3S/c1-18-28-21(17-34-18)16-33-24-8-4-3-7-19(24)10-12-25(31)29-22-15-20(26(27)32)9-11-23(22)30-13-5-2-6-14-30/h3-4,7-12,15,17H,2,5-6,13-14,16H2,1H3,(H2,27,32)(H,29,31)/b12-10+. The summed E-state index contributed by atoms with van der Waals surface area (Å²) >= 11 is 1.58. The molecular formula is C26H28N4O3S. The highest BCUT2D eigenvalue weighted by Gasteiger charge is 2.17. The molecule has 1 aliphatic rings. The molecule has 2 heterocycles. The Bertz CT molecular complexity index is 1200. The summed E-state index contributed by atoms with van der Waals surface area (Å²) in [5, 5.41) is 5.90. The number of amides is 2. The van der Waals surface area contributed by atoms with Gasteiger partial charge in [-0.1, -0.05) is 18.2 Å². The molecule has 1 aromatic heterocycles. The summed E-state index contributed by atoms with van der Waals surface area (Å²) in [5.41, 5.74) is 8.96. The lowest BCUT2D eigenvalue weighted by atomic mass is 10.1. The highest BCUT2D eigenvalue weighted by Crippen LogP contribution is 2.30. The Morgan fingerprint density at radius 2 is 1.97 bits per heavy atom. The fourth-order valence-electron chi connectivity index (χ4n) is 3.92. The van der Waals surface area contributed by atoms with Gasteiger partial charge >= 0.3 is 0 Å². The zero-order chi connectivity index (χ0) is 23.9. The van der Waals surface area contributed by atoms with E-state index >= 15 is 0 Å². The maximum Gasteiger partial charge on any atom is 0.248 e. The van der Waals surface area contributed by atoms with Crippen molar-refractivity contribution in [3.8, 4) is 5.75 Å². The van der Waals surface area contributed by atoms with Crippen LogP contribution in [0, 0.1) is 6.92 Å². The first-order valence-electron chi connectivity index (χ1n) is 11.3. The number of para-hydroxylation sites is 1. The van der Waals surface area contributed by atoms with Crippen molar-refractivity contribution in [1.82, 2.24) is 4.98 Å². The van der Waals surface area contributed by atoms with Gasteiger partial charge in [0.15, 0.2) is 0 Å². The van der Waals surface area contributed by atoms with E-state index in [1.165, 1.54) is 12.5 Å². The van der Waals surface area contributed by atoms with Crippen molar-refractivity contribution in [2.45, 2.75) is 32.8 Å². The third-order valence-electron chi connectivity index (χ3n) is 5.61. The van der Waals surface area contributed by atoms with Gasteiger partial charge in [0.25, 0.3) is 0 Å². The summed E-state index contributed by atoms with van der Waals surface area (Å²) in [6.07, 6.45) is 6.58. The molecule has 8 heteroatoms. The van der Waals surface area contributed by atoms with Gasteiger partial charge in [0, 0.05) is 35.7 Å². The molecule has 0 bridgehead atoms. The van der Waals surface area contributed by atoms with Crippen LogP contribution in [0.1, 0.15) is 45.9 Å². The van der Waals surface area contributed by atoms with Crippen molar-refractivity contribution in [2.75, 3.05) is 23.3 Å². The van der Waals surface area contributed by atoms with Crippen molar-refractivity contribution >= 4 is 40.6 Å². The van der Waals surface area contributed by atoms with Gasteiger partial charge in [-0.05, 0) is 56.5 Å². The van der Waals surface area contributed by atoms with Crippen molar-refractivity contribution in [1.29, 1.82) is 0 Å². The van der Waals surface area contributed by atoms with Gasteiger partial charge < -0.3 is 20.7 Å². The van der Waals surface area contributed by atoms with E-state index in [9.17, 15) is 9.59 Å². The third-order valence-corrected chi connectivity index (χ3v) is 6.43. The number of piperidine rings is 1. The van der Waals surface area contributed by atoms with E-state index in [0.29, 0.717) is 23.6 Å². The van der Waals surface area contributed by atoms with Crippen LogP contribution in [0.2, 0.25) is 0 Å². The van der Waals surface area contributed by atoms with E-state index in [1.54, 1.807) is 29.5 Å². The van der Waals surface area contributed by atoms with Crippen LogP contribution in [0.5, 0.6) is 5.75 Å². The Balaban J connectivity index is 1.48. The summed E-state index contributed by atoms with van der Waals surface area (Å²) in [7, 11) is 0. The van der Waals surface area contributed by atoms with Crippen LogP contribution in [-0.2, 0) is 11.4 Å². The predicted molar refractivity (Wildman–Crippen MR) is 136 cm³/mol. The van der Waals surface area contributed by atoms with Crippen LogP contribution in [0.3, 0.4) is 0 Å². The first-order chi connectivity index (χ1) is 16.5. The monoisotopic (exact) mass is 476 g/mol. The minimum Gasteiger partial charge on any atom is -0.487 e. The number of rotatable bonds is 8. The molecule has 1 aliphatic heterocycles. The highest BCUT2D eigenvalue weighted by atomic mass is 32.1. The number of benzene rings is 2. The largest absolute Gasteiger partial charge is 0.487 e. The molecule has 0 radical (unpaired) electrons. The Morgan fingerprint density at radius 3 is 2.71 bits per heavy atom. The molecule has 2 aromatic carbocycles. The van der Waals surface area contributed by atoms with Crippen molar-refractivity contribution in [2.24, 2.45) is 5.73 Å². The first kappa shape index (κ1) is 23.5. The number of hydrogen-bond acceptors (Lipinski definition) is 6. The number of ether oxygens (including phenoxy) is 1. The second-order valence-corrected chi connectivity index (χ2v) is 9.21. The van der Waals surface area contributed by atoms with Crippen molar-refractivity contribution in [3.05, 3.63) is 75.7 Å². The molecule has 7 nitrogen and oxygen atoms in total. The number of nitrogens with zero attached hydrogens (tertiary/aromatic N) is 2. The average Bonchev–Trinajstić information content (AvgIpc) is 3.27. The van der Waals surface area contributed by atoms with E-state index in [4.69, 9.17) is 10.5 Å². The average molecular weight is 477 g/mol. The molecule has 34 heavy (non-hydrogen) atoms. The molecular weight excluding hydrogens is 448 g/mol. The number of hydrogen-bond donors (Lipinski definition) is 2. The zero-order valence-corrected chi connectivity index (χ0v) is 19.9. The number of aromatic nitrogens is 1. The molecule has 0 atom stereocenters. The van der Waals surface area contributed by atoms with E-state index < -0.39 is 5.91 Å². The van der Waals surface area contributed by atoms with Gasteiger partial charge in [-0.15, -0.1) is 11.3 Å². The Hall–Kier alpha value is -3.65. The van der Waals surface area contributed by atoms with Gasteiger partial charge in [0.05, 0.1) is 22.1 Å². The van der Waals surface area contributed by atoms with Crippen LogP contribution in [0.4, 0.5) is 11.4 Å². The SMILES string of the molecule is Cc1nc(COc2ccccc2/C=C/C(=O)Nc2cc(C(N)=O)ccc2N2CCCCC2)cs1. The second kappa shape index (κ2) is 11.0. The fraction of sp³-hybridized carbons (Fsp3) is 0.269. The summed E-state index contributed by atoms with van der Waals surface area (Å²) in [6, 6.07) is 12.7. The number of anilines is 2. The molecule has 0 unspecified atom stereocenters. The molecule has 1 saturated heterocycles. The van der Waals surface area contributed by atoms with Crippen LogP contribution in [-0.4, -0.2) is 29.9 Å². The Labute approximate surface area is 203 Å². The van der Waals surface area contributed by atoms with Gasteiger partial charge in [-0.2, -0.15) is 0 Å². The molecule has 0 aliphatic carbocycles.